The Bertz CT molecular complexity index is 625. The molecule has 4 nitrogen and oxygen atoms in total. The maximum atomic E-state index is 11.1. The Kier molecular flexibility index (Phi) is 4.56. The Morgan fingerprint density at radius 3 is 2.59 bits per heavy atom. The van der Waals surface area contributed by atoms with Gasteiger partial charge in [-0.05, 0) is 36.6 Å². The fourth-order valence-corrected chi connectivity index (χ4v) is 3.24. The highest BCUT2D eigenvalue weighted by atomic mass is 16.5. The van der Waals surface area contributed by atoms with E-state index in [1.165, 1.54) is 24.8 Å². The average molecular weight is 298 g/mol. The number of carbonyl (C=O) groups is 1. The van der Waals surface area contributed by atoms with Gasteiger partial charge in [-0.25, -0.2) is 0 Å². The summed E-state index contributed by atoms with van der Waals surface area (Å²) in [4.78, 5) is 11.1. The van der Waals surface area contributed by atoms with Crippen LogP contribution in [0.5, 0.6) is 5.75 Å². The van der Waals surface area contributed by atoms with Gasteiger partial charge in [0, 0.05) is 12.1 Å². The van der Waals surface area contributed by atoms with Crippen LogP contribution >= 0.6 is 0 Å². The summed E-state index contributed by atoms with van der Waals surface area (Å²) in [6.07, 6.45) is 7.78. The van der Waals surface area contributed by atoms with E-state index in [2.05, 4.69) is 21.9 Å². The van der Waals surface area contributed by atoms with Crippen LogP contribution in [0.4, 0.5) is 0 Å². The molecule has 0 N–H and O–H groups in total. The van der Waals surface area contributed by atoms with Crippen LogP contribution in [0.3, 0.4) is 0 Å². The summed E-state index contributed by atoms with van der Waals surface area (Å²) in [6, 6.07) is 10.4. The predicted molar refractivity (Wildman–Crippen MR) is 85.5 cm³/mol. The number of rotatable bonds is 5. The molecule has 0 unspecified atom stereocenters. The van der Waals surface area contributed by atoms with Crippen molar-refractivity contribution in [2.24, 2.45) is 0 Å². The van der Waals surface area contributed by atoms with E-state index < -0.39 is 0 Å². The molecule has 1 aromatic heterocycles. The fourth-order valence-electron chi connectivity index (χ4n) is 3.24. The maximum Gasteiger partial charge on any atom is 0.170 e. The van der Waals surface area contributed by atoms with Crippen LogP contribution in [-0.2, 0) is 6.42 Å². The summed E-state index contributed by atoms with van der Waals surface area (Å²) in [7, 11) is 1.67. The number of ether oxygens (including phenoxy) is 1. The molecule has 3 rings (SSSR count). The van der Waals surface area contributed by atoms with Gasteiger partial charge < -0.3 is 4.74 Å². The Labute approximate surface area is 131 Å². The SMILES string of the molecule is COc1ccc(Cc2cc(C=O)nn2C2CCCCC2)cc1. The van der Waals surface area contributed by atoms with Crippen molar-refractivity contribution in [2.45, 2.75) is 44.6 Å². The number of aromatic nitrogens is 2. The number of hydrogen-bond donors (Lipinski definition) is 0. The second kappa shape index (κ2) is 6.77. The van der Waals surface area contributed by atoms with Crippen molar-refractivity contribution in [3.05, 3.63) is 47.3 Å². The van der Waals surface area contributed by atoms with Gasteiger partial charge in [-0.3, -0.25) is 9.48 Å². The molecule has 22 heavy (non-hydrogen) atoms. The topological polar surface area (TPSA) is 44.1 Å². The van der Waals surface area contributed by atoms with Gasteiger partial charge in [0.1, 0.15) is 11.4 Å². The van der Waals surface area contributed by atoms with E-state index >= 15 is 0 Å². The summed E-state index contributed by atoms with van der Waals surface area (Å²) in [5.41, 5.74) is 2.86. The molecule has 0 saturated heterocycles. The Morgan fingerprint density at radius 1 is 1.23 bits per heavy atom. The van der Waals surface area contributed by atoms with Crippen molar-refractivity contribution in [1.29, 1.82) is 0 Å². The monoisotopic (exact) mass is 298 g/mol. The van der Waals surface area contributed by atoms with E-state index in [9.17, 15) is 4.79 Å². The van der Waals surface area contributed by atoms with Gasteiger partial charge in [0.2, 0.25) is 0 Å². The molecule has 1 aliphatic carbocycles. The highest BCUT2D eigenvalue weighted by Crippen LogP contribution is 2.29. The molecule has 0 amide bonds. The number of aldehydes is 1. The number of methoxy groups -OCH3 is 1. The smallest absolute Gasteiger partial charge is 0.170 e. The van der Waals surface area contributed by atoms with Crippen molar-refractivity contribution in [1.82, 2.24) is 9.78 Å². The first-order valence-electron chi connectivity index (χ1n) is 7.96. The molecule has 1 aliphatic rings. The number of nitrogens with zero attached hydrogens (tertiary/aromatic N) is 2. The Balaban J connectivity index is 1.84. The summed E-state index contributed by atoms with van der Waals surface area (Å²) in [5, 5.41) is 4.51. The molecule has 1 fully saturated rings. The first-order chi connectivity index (χ1) is 10.8. The molecule has 1 aromatic carbocycles. The first kappa shape index (κ1) is 14.8. The van der Waals surface area contributed by atoms with E-state index in [4.69, 9.17) is 4.74 Å². The van der Waals surface area contributed by atoms with Crippen LogP contribution in [0.15, 0.2) is 30.3 Å². The molecule has 1 saturated carbocycles. The zero-order valence-electron chi connectivity index (χ0n) is 13.0. The highest BCUT2D eigenvalue weighted by molar-refractivity contribution is 5.71. The van der Waals surface area contributed by atoms with E-state index in [-0.39, 0.29) is 0 Å². The Morgan fingerprint density at radius 2 is 1.95 bits per heavy atom. The van der Waals surface area contributed by atoms with Crippen LogP contribution in [0.25, 0.3) is 0 Å². The Hall–Kier alpha value is -2.10. The van der Waals surface area contributed by atoms with Gasteiger partial charge >= 0.3 is 0 Å². The van der Waals surface area contributed by atoms with Gasteiger partial charge in [-0.15, -0.1) is 0 Å². The molecular formula is C18H22N2O2. The third kappa shape index (κ3) is 3.21. The van der Waals surface area contributed by atoms with Gasteiger partial charge in [-0.1, -0.05) is 31.4 Å². The molecule has 1 heterocycles. The van der Waals surface area contributed by atoms with E-state index in [1.807, 2.05) is 18.2 Å². The van der Waals surface area contributed by atoms with Crippen molar-refractivity contribution in [3.8, 4) is 5.75 Å². The van der Waals surface area contributed by atoms with E-state index in [0.717, 1.165) is 37.0 Å². The molecule has 0 spiro atoms. The molecule has 0 aliphatic heterocycles. The van der Waals surface area contributed by atoms with Gasteiger partial charge in [0.25, 0.3) is 0 Å². The summed E-state index contributed by atoms with van der Waals surface area (Å²) in [5.74, 6) is 0.859. The van der Waals surface area contributed by atoms with Crippen molar-refractivity contribution in [2.75, 3.05) is 7.11 Å². The fraction of sp³-hybridized carbons (Fsp3) is 0.444. The van der Waals surface area contributed by atoms with Crippen molar-refractivity contribution < 1.29 is 9.53 Å². The van der Waals surface area contributed by atoms with Crippen molar-refractivity contribution in [3.63, 3.8) is 0 Å². The van der Waals surface area contributed by atoms with Gasteiger partial charge in [0.15, 0.2) is 6.29 Å². The third-order valence-electron chi connectivity index (χ3n) is 4.42. The zero-order chi connectivity index (χ0) is 15.4. The lowest BCUT2D eigenvalue weighted by Crippen LogP contribution is -2.17. The van der Waals surface area contributed by atoms with Crippen LogP contribution < -0.4 is 4.74 Å². The average Bonchev–Trinajstić information content (AvgIpc) is 2.99. The molecule has 0 bridgehead atoms. The predicted octanol–water partition coefficient (Wildman–Crippen LogP) is 3.80. The molecular weight excluding hydrogens is 276 g/mol. The van der Waals surface area contributed by atoms with Gasteiger partial charge in [-0.2, -0.15) is 5.10 Å². The third-order valence-corrected chi connectivity index (χ3v) is 4.42. The standard InChI is InChI=1S/C18H22N2O2/c1-22-18-9-7-14(8-10-18)11-17-12-15(13-21)19-20(17)16-5-3-2-4-6-16/h7-10,12-13,16H,2-6,11H2,1H3. The van der Waals surface area contributed by atoms with Crippen molar-refractivity contribution >= 4 is 6.29 Å². The van der Waals surface area contributed by atoms with Crippen LogP contribution in [0, 0.1) is 0 Å². The molecule has 0 atom stereocenters. The number of carbonyl (C=O) groups excluding carboxylic acids is 1. The second-order valence-electron chi connectivity index (χ2n) is 5.94. The quantitative estimate of drug-likeness (QED) is 0.789. The minimum Gasteiger partial charge on any atom is -0.497 e. The normalized spacial score (nSPS) is 15.7. The molecule has 2 aromatic rings. The highest BCUT2D eigenvalue weighted by Gasteiger charge is 2.20. The maximum absolute atomic E-state index is 11.1. The lowest BCUT2D eigenvalue weighted by molar-refractivity contribution is 0.111. The van der Waals surface area contributed by atoms with Crippen LogP contribution in [-0.4, -0.2) is 23.2 Å². The van der Waals surface area contributed by atoms with Gasteiger partial charge in [0.05, 0.1) is 13.2 Å². The summed E-state index contributed by atoms with van der Waals surface area (Å²) in [6.45, 7) is 0. The van der Waals surface area contributed by atoms with Crippen LogP contribution in [0.2, 0.25) is 0 Å². The molecule has 116 valence electrons. The first-order valence-corrected chi connectivity index (χ1v) is 7.96. The lowest BCUT2D eigenvalue weighted by Gasteiger charge is -2.24. The minimum absolute atomic E-state index is 0.440. The summed E-state index contributed by atoms with van der Waals surface area (Å²) < 4.78 is 7.29. The summed E-state index contributed by atoms with van der Waals surface area (Å²) >= 11 is 0. The van der Waals surface area contributed by atoms with E-state index in [0.29, 0.717) is 11.7 Å². The minimum atomic E-state index is 0.440. The second-order valence-corrected chi connectivity index (χ2v) is 5.94. The zero-order valence-corrected chi connectivity index (χ0v) is 13.0. The molecule has 4 heteroatoms. The number of hydrogen-bond acceptors (Lipinski definition) is 3. The molecule has 0 radical (unpaired) electrons. The number of benzene rings is 1. The van der Waals surface area contributed by atoms with Crippen LogP contribution in [0.1, 0.15) is 59.9 Å². The van der Waals surface area contributed by atoms with E-state index in [1.54, 1.807) is 7.11 Å². The lowest BCUT2D eigenvalue weighted by atomic mass is 9.95. The largest absolute Gasteiger partial charge is 0.497 e.